The maximum absolute atomic E-state index is 10.8. The number of ketones is 2. The summed E-state index contributed by atoms with van der Waals surface area (Å²) in [5.41, 5.74) is 1.08. The highest BCUT2D eigenvalue weighted by atomic mass is 16.1. The molecule has 52 valence electrons. The van der Waals surface area contributed by atoms with Gasteiger partial charge >= 0.3 is 0 Å². The standard InChI is InChI=1S/C8H8O2/c9-7-1-5-2-8(10)4-6(5)3-7/h1,6H,2-4H2/t6-/m0/s1. The second kappa shape index (κ2) is 1.78. The largest absolute Gasteiger partial charge is 0.299 e. The Kier molecular flexibility index (Phi) is 1.04. The van der Waals surface area contributed by atoms with Crippen LogP contribution in [0.4, 0.5) is 0 Å². The first kappa shape index (κ1) is 5.83. The number of hydrogen-bond donors (Lipinski definition) is 0. The van der Waals surface area contributed by atoms with Crippen LogP contribution in [0.3, 0.4) is 0 Å². The van der Waals surface area contributed by atoms with Crippen LogP contribution in [0, 0.1) is 5.92 Å². The predicted octanol–water partition coefficient (Wildman–Crippen LogP) is 0.865. The predicted molar refractivity (Wildman–Crippen MR) is 35.4 cm³/mol. The first-order valence-corrected chi connectivity index (χ1v) is 3.50. The minimum absolute atomic E-state index is 0.201. The van der Waals surface area contributed by atoms with E-state index in [4.69, 9.17) is 0 Å². The number of fused-ring (bicyclic) bond motifs is 1. The van der Waals surface area contributed by atoms with Gasteiger partial charge in [0, 0.05) is 19.3 Å². The third kappa shape index (κ3) is 0.719. The Labute approximate surface area is 58.9 Å². The Morgan fingerprint density at radius 3 is 2.80 bits per heavy atom. The topological polar surface area (TPSA) is 34.1 Å². The van der Waals surface area contributed by atoms with Crippen molar-refractivity contribution in [2.75, 3.05) is 0 Å². The molecule has 0 aromatic rings. The summed E-state index contributed by atoms with van der Waals surface area (Å²) in [6.45, 7) is 0. The van der Waals surface area contributed by atoms with E-state index < -0.39 is 0 Å². The van der Waals surface area contributed by atoms with Gasteiger partial charge in [0.25, 0.3) is 0 Å². The molecule has 0 heterocycles. The molecule has 0 radical (unpaired) electrons. The molecule has 0 aliphatic heterocycles. The Balaban J connectivity index is 2.29. The molecule has 0 saturated heterocycles. The number of carbonyl (C=O) groups excluding carboxylic acids is 2. The van der Waals surface area contributed by atoms with Gasteiger partial charge in [-0.2, -0.15) is 0 Å². The summed E-state index contributed by atoms with van der Waals surface area (Å²) < 4.78 is 0. The monoisotopic (exact) mass is 136 g/mol. The van der Waals surface area contributed by atoms with Gasteiger partial charge in [-0.25, -0.2) is 0 Å². The zero-order valence-corrected chi connectivity index (χ0v) is 5.59. The third-order valence-corrected chi connectivity index (χ3v) is 2.19. The van der Waals surface area contributed by atoms with Gasteiger partial charge < -0.3 is 0 Å². The molecule has 1 saturated carbocycles. The summed E-state index contributed by atoms with van der Waals surface area (Å²) in [7, 11) is 0. The summed E-state index contributed by atoms with van der Waals surface area (Å²) in [6.07, 6.45) is 3.38. The lowest BCUT2D eigenvalue weighted by atomic mass is 10.1. The fraction of sp³-hybridized carbons (Fsp3) is 0.500. The lowest BCUT2D eigenvalue weighted by Gasteiger charge is -1.96. The third-order valence-electron chi connectivity index (χ3n) is 2.19. The number of allylic oxidation sites excluding steroid dienone is 2. The van der Waals surface area contributed by atoms with Crippen LogP contribution < -0.4 is 0 Å². The van der Waals surface area contributed by atoms with Crippen molar-refractivity contribution in [2.24, 2.45) is 5.92 Å². The van der Waals surface area contributed by atoms with E-state index in [1.165, 1.54) is 0 Å². The molecule has 2 heteroatoms. The van der Waals surface area contributed by atoms with E-state index in [0.717, 1.165) is 5.57 Å². The van der Waals surface area contributed by atoms with Crippen LogP contribution in [0.25, 0.3) is 0 Å². The summed E-state index contributed by atoms with van der Waals surface area (Å²) in [5.74, 6) is 0.788. The fourth-order valence-corrected chi connectivity index (χ4v) is 1.73. The molecule has 1 fully saturated rings. The van der Waals surface area contributed by atoms with Gasteiger partial charge in [0.05, 0.1) is 0 Å². The van der Waals surface area contributed by atoms with E-state index in [2.05, 4.69) is 0 Å². The summed E-state index contributed by atoms with van der Waals surface area (Å²) >= 11 is 0. The maximum Gasteiger partial charge on any atom is 0.156 e. The molecule has 10 heavy (non-hydrogen) atoms. The molecule has 2 nitrogen and oxygen atoms in total. The number of hydrogen-bond acceptors (Lipinski definition) is 2. The SMILES string of the molecule is O=C1C=C2CC(=O)C[C@@H]2C1. The van der Waals surface area contributed by atoms with E-state index in [1.54, 1.807) is 6.08 Å². The molecule has 0 N–H and O–H groups in total. The smallest absolute Gasteiger partial charge is 0.156 e. The van der Waals surface area contributed by atoms with E-state index in [0.29, 0.717) is 31.0 Å². The second-order valence-electron chi connectivity index (χ2n) is 3.01. The van der Waals surface area contributed by atoms with Crippen LogP contribution in [0.1, 0.15) is 19.3 Å². The second-order valence-corrected chi connectivity index (χ2v) is 3.01. The molecular formula is C8H8O2. The molecular weight excluding hydrogens is 128 g/mol. The van der Waals surface area contributed by atoms with Crippen molar-refractivity contribution in [1.82, 2.24) is 0 Å². The molecule has 2 aliphatic rings. The van der Waals surface area contributed by atoms with E-state index in [1.807, 2.05) is 0 Å². The van der Waals surface area contributed by atoms with Gasteiger partial charge in [-0.1, -0.05) is 5.57 Å². The molecule has 0 aromatic carbocycles. The van der Waals surface area contributed by atoms with Crippen molar-refractivity contribution < 1.29 is 9.59 Å². The summed E-state index contributed by atoms with van der Waals surface area (Å²) in [4.78, 5) is 21.6. The molecule has 0 aromatic heterocycles. The Morgan fingerprint density at radius 2 is 2.10 bits per heavy atom. The summed E-state index contributed by atoms with van der Waals surface area (Å²) in [6, 6.07) is 0. The van der Waals surface area contributed by atoms with Crippen molar-refractivity contribution >= 4 is 11.6 Å². The molecule has 0 bridgehead atoms. The van der Waals surface area contributed by atoms with Crippen LogP contribution in [0.15, 0.2) is 11.6 Å². The quantitative estimate of drug-likeness (QED) is 0.495. The van der Waals surface area contributed by atoms with E-state index in [9.17, 15) is 9.59 Å². The van der Waals surface area contributed by atoms with Crippen molar-refractivity contribution in [1.29, 1.82) is 0 Å². The van der Waals surface area contributed by atoms with Gasteiger partial charge in [0.2, 0.25) is 0 Å². The highest BCUT2D eigenvalue weighted by Gasteiger charge is 2.33. The van der Waals surface area contributed by atoms with Crippen molar-refractivity contribution in [3.8, 4) is 0 Å². The first-order valence-electron chi connectivity index (χ1n) is 3.50. The molecule has 2 aliphatic carbocycles. The Bertz CT molecular complexity index is 238. The number of carbonyl (C=O) groups is 2. The fourth-order valence-electron chi connectivity index (χ4n) is 1.73. The maximum atomic E-state index is 10.8. The minimum atomic E-state index is 0.201. The van der Waals surface area contributed by atoms with Gasteiger partial charge in [0.15, 0.2) is 5.78 Å². The van der Waals surface area contributed by atoms with Crippen LogP contribution in [0.5, 0.6) is 0 Å². The zero-order chi connectivity index (χ0) is 7.14. The normalized spacial score (nSPS) is 30.8. The molecule has 0 amide bonds. The highest BCUT2D eigenvalue weighted by molar-refractivity contribution is 5.98. The van der Waals surface area contributed by atoms with Crippen LogP contribution in [0.2, 0.25) is 0 Å². The zero-order valence-electron chi connectivity index (χ0n) is 5.59. The lowest BCUT2D eigenvalue weighted by Crippen LogP contribution is -1.96. The van der Waals surface area contributed by atoms with Crippen LogP contribution in [-0.2, 0) is 9.59 Å². The van der Waals surface area contributed by atoms with Crippen LogP contribution >= 0.6 is 0 Å². The van der Waals surface area contributed by atoms with Gasteiger partial charge in [0.1, 0.15) is 5.78 Å². The molecule has 0 spiro atoms. The van der Waals surface area contributed by atoms with Gasteiger partial charge in [-0.05, 0) is 12.0 Å². The summed E-state index contributed by atoms with van der Waals surface area (Å²) in [5, 5.41) is 0. The van der Waals surface area contributed by atoms with Crippen molar-refractivity contribution in [3.63, 3.8) is 0 Å². The molecule has 0 unspecified atom stereocenters. The Hall–Kier alpha value is -0.920. The Morgan fingerprint density at radius 1 is 1.30 bits per heavy atom. The minimum Gasteiger partial charge on any atom is -0.299 e. The average molecular weight is 136 g/mol. The first-order chi connectivity index (χ1) is 4.75. The van der Waals surface area contributed by atoms with Crippen molar-refractivity contribution in [2.45, 2.75) is 19.3 Å². The van der Waals surface area contributed by atoms with Gasteiger partial charge in [-0.15, -0.1) is 0 Å². The van der Waals surface area contributed by atoms with E-state index in [-0.39, 0.29) is 5.78 Å². The average Bonchev–Trinajstić information content (AvgIpc) is 2.21. The number of rotatable bonds is 0. The number of Topliss-reactive ketones (excluding diaryl/α,β-unsaturated/α-hetero) is 1. The lowest BCUT2D eigenvalue weighted by molar-refractivity contribution is -0.117. The highest BCUT2D eigenvalue weighted by Crippen LogP contribution is 2.35. The molecule has 2 rings (SSSR count). The van der Waals surface area contributed by atoms with E-state index >= 15 is 0 Å². The van der Waals surface area contributed by atoms with Gasteiger partial charge in [-0.3, -0.25) is 9.59 Å². The van der Waals surface area contributed by atoms with Crippen LogP contribution in [-0.4, -0.2) is 11.6 Å². The van der Waals surface area contributed by atoms with Crippen molar-refractivity contribution in [3.05, 3.63) is 11.6 Å². The molecule has 1 atom stereocenters.